The lowest BCUT2D eigenvalue weighted by Gasteiger charge is -2.20. The molecule has 7 heteroatoms. The van der Waals surface area contributed by atoms with E-state index in [1.807, 2.05) is 31.2 Å². The molecule has 0 saturated heterocycles. The summed E-state index contributed by atoms with van der Waals surface area (Å²) in [5, 5.41) is 7.23. The van der Waals surface area contributed by atoms with Gasteiger partial charge >= 0.3 is 0 Å². The van der Waals surface area contributed by atoms with Crippen molar-refractivity contribution in [1.29, 1.82) is 0 Å². The van der Waals surface area contributed by atoms with Crippen molar-refractivity contribution in [1.82, 2.24) is 20.0 Å². The molecule has 4 rings (SSSR count). The van der Waals surface area contributed by atoms with E-state index in [0.29, 0.717) is 31.9 Å². The van der Waals surface area contributed by atoms with Crippen LogP contribution in [-0.2, 0) is 19.6 Å². The molecule has 0 aliphatic carbocycles. The normalized spacial score (nSPS) is 13.7. The summed E-state index contributed by atoms with van der Waals surface area (Å²) < 4.78 is 14.8. The SMILES string of the molecule is Cc1ccccc1CNC(=O)c1cc2n(n1)CCCN(Cc1ccc(F)cc1)C2=O. The number of nitrogens with zero attached hydrogens (tertiary/aromatic N) is 3. The fraction of sp³-hybridized carbons (Fsp3) is 0.261. The number of hydrogen-bond acceptors (Lipinski definition) is 3. The largest absolute Gasteiger partial charge is 0.347 e. The standard InChI is InChI=1S/C23H23FN4O2/c1-16-5-2-3-6-18(16)14-25-22(29)20-13-21-23(30)27(11-4-12-28(21)26-20)15-17-7-9-19(24)10-8-17/h2-3,5-10,13H,4,11-12,14-15H2,1H3,(H,25,29). The van der Waals surface area contributed by atoms with Crippen molar-refractivity contribution in [2.75, 3.05) is 6.54 Å². The minimum Gasteiger partial charge on any atom is -0.347 e. The Morgan fingerprint density at radius 3 is 2.67 bits per heavy atom. The van der Waals surface area contributed by atoms with Crippen LogP contribution in [0, 0.1) is 12.7 Å². The minimum atomic E-state index is -0.309. The number of carbonyl (C=O) groups is 2. The molecule has 0 saturated carbocycles. The highest BCUT2D eigenvalue weighted by atomic mass is 19.1. The Morgan fingerprint density at radius 2 is 1.90 bits per heavy atom. The lowest BCUT2D eigenvalue weighted by molar-refractivity contribution is 0.0745. The van der Waals surface area contributed by atoms with Crippen LogP contribution in [0.3, 0.4) is 0 Å². The molecule has 1 aromatic heterocycles. The molecule has 0 atom stereocenters. The van der Waals surface area contributed by atoms with Crippen LogP contribution >= 0.6 is 0 Å². The quantitative estimate of drug-likeness (QED) is 0.707. The molecular weight excluding hydrogens is 383 g/mol. The maximum atomic E-state index is 13.1. The summed E-state index contributed by atoms with van der Waals surface area (Å²) in [7, 11) is 0. The van der Waals surface area contributed by atoms with Crippen LogP contribution in [0.4, 0.5) is 4.39 Å². The highest BCUT2D eigenvalue weighted by molar-refractivity contribution is 5.98. The molecule has 1 N–H and O–H groups in total. The van der Waals surface area contributed by atoms with Crippen molar-refractivity contribution >= 4 is 11.8 Å². The van der Waals surface area contributed by atoms with E-state index in [9.17, 15) is 14.0 Å². The number of nitrogens with one attached hydrogen (secondary N) is 1. The Hall–Kier alpha value is -3.48. The van der Waals surface area contributed by atoms with Gasteiger partial charge in [0.15, 0.2) is 5.69 Å². The molecular formula is C23H23FN4O2. The van der Waals surface area contributed by atoms with E-state index in [2.05, 4.69) is 10.4 Å². The maximum Gasteiger partial charge on any atom is 0.272 e. The number of aromatic nitrogens is 2. The molecule has 3 aromatic rings. The van der Waals surface area contributed by atoms with Crippen molar-refractivity contribution in [3.63, 3.8) is 0 Å². The third-order valence-electron chi connectivity index (χ3n) is 5.30. The van der Waals surface area contributed by atoms with Gasteiger partial charge in [-0.25, -0.2) is 4.39 Å². The summed E-state index contributed by atoms with van der Waals surface area (Å²) in [5.74, 6) is -0.792. The van der Waals surface area contributed by atoms with E-state index in [-0.39, 0.29) is 23.3 Å². The monoisotopic (exact) mass is 406 g/mol. The molecule has 0 bridgehead atoms. The second-order valence-electron chi connectivity index (χ2n) is 7.45. The number of hydrogen-bond donors (Lipinski definition) is 1. The molecule has 1 aliphatic rings. The first-order valence-electron chi connectivity index (χ1n) is 9.95. The average molecular weight is 406 g/mol. The second-order valence-corrected chi connectivity index (χ2v) is 7.45. The van der Waals surface area contributed by atoms with Crippen LogP contribution in [0.15, 0.2) is 54.6 Å². The lowest BCUT2D eigenvalue weighted by atomic mass is 10.1. The van der Waals surface area contributed by atoms with Gasteiger partial charge in [-0.2, -0.15) is 5.10 Å². The highest BCUT2D eigenvalue weighted by Crippen LogP contribution is 2.17. The number of carbonyl (C=O) groups excluding carboxylic acids is 2. The van der Waals surface area contributed by atoms with Crippen molar-refractivity contribution in [2.24, 2.45) is 0 Å². The Kier molecular flexibility index (Phi) is 5.61. The first-order valence-corrected chi connectivity index (χ1v) is 9.95. The zero-order valence-corrected chi connectivity index (χ0v) is 16.8. The van der Waals surface area contributed by atoms with Crippen molar-refractivity contribution in [3.8, 4) is 0 Å². The number of fused-ring (bicyclic) bond motifs is 1. The number of benzene rings is 2. The third kappa shape index (κ3) is 4.25. The molecule has 0 spiro atoms. The van der Waals surface area contributed by atoms with Crippen LogP contribution in [0.5, 0.6) is 0 Å². The van der Waals surface area contributed by atoms with Gasteiger partial charge in [-0.15, -0.1) is 0 Å². The van der Waals surface area contributed by atoms with Gasteiger partial charge in [0, 0.05) is 32.2 Å². The summed E-state index contributed by atoms with van der Waals surface area (Å²) in [4.78, 5) is 27.3. The molecule has 2 amide bonds. The summed E-state index contributed by atoms with van der Waals surface area (Å²) in [6, 6.07) is 15.5. The van der Waals surface area contributed by atoms with E-state index >= 15 is 0 Å². The fourth-order valence-corrected chi connectivity index (χ4v) is 3.58. The summed E-state index contributed by atoms with van der Waals surface area (Å²) in [6.07, 6.45) is 0.728. The van der Waals surface area contributed by atoms with E-state index in [1.165, 1.54) is 12.1 Å². The van der Waals surface area contributed by atoms with Gasteiger partial charge in [0.05, 0.1) is 0 Å². The predicted octanol–water partition coefficient (Wildman–Crippen LogP) is 3.31. The summed E-state index contributed by atoms with van der Waals surface area (Å²) >= 11 is 0. The summed E-state index contributed by atoms with van der Waals surface area (Å²) in [6.45, 7) is 3.92. The van der Waals surface area contributed by atoms with Gasteiger partial charge in [0.2, 0.25) is 0 Å². The predicted molar refractivity (Wildman–Crippen MR) is 110 cm³/mol. The van der Waals surface area contributed by atoms with E-state index in [1.54, 1.807) is 27.8 Å². The number of halogens is 1. The molecule has 154 valence electrons. The van der Waals surface area contributed by atoms with E-state index in [4.69, 9.17) is 0 Å². The molecule has 2 aromatic carbocycles. The van der Waals surface area contributed by atoms with Crippen molar-refractivity contribution < 1.29 is 14.0 Å². The lowest BCUT2D eigenvalue weighted by Crippen LogP contribution is -2.30. The van der Waals surface area contributed by atoms with Gasteiger partial charge in [0.1, 0.15) is 11.5 Å². The molecule has 6 nitrogen and oxygen atoms in total. The van der Waals surface area contributed by atoms with E-state index < -0.39 is 0 Å². The maximum absolute atomic E-state index is 13.1. The topological polar surface area (TPSA) is 67.2 Å². The van der Waals surface area contributed by atoms with Gasteiger partial charge < -0.3 is 10.2 Å². The van der Waals surface area contributed by atoms with Crippen molar-refractivity contribution in [2.45, 2.75) is 33.0 Å². The molecule has 30 heavy (non-hydrogen) atoms. The Bertz CT molecular complexity index is 1080. The first-order chi connectivity index (χ1) is 14.5. The van der Waals surface area contributed by atoms with Crippen LogP contribution in [0.25, 0.3) is 0 Å². The second kappa shape index (κ2) is 8.49. The van der Waals surface area contributed by atoms with E-state index in [0.717, 1.165) is 23.1 Å². The van der Waals surface area contributed by atoms with Crippen LogP contribution in [-0.4, -0.2) is 33.0 Å². The first kappa shape index (κ1) is 19.8. The van der Waals surface area contributed by atoms with Gasteiger partial charge in [-0.05, 0) is 42.2 Å². The zero-order valence-electron chi connectivity index (χ0n) is 16.8. The summed E-state index contributed by atoms with van der Waals surface area (Å²) in [5.41, 5.74) is 3.62. The molecule has 2 heterocycles. The molecule has 0 fully saturated rings. The van der Waals surface area contributed by atoms with Gasteiger partial charge in [-0.3, -0.25) is 14.3 Å². The molecule has 0 unspecified atom stereocenters. The minimum absolute atomic E-state index is 0.178. The van der Waals surface area contributed by atoms with Crippen LogP contribution < -0.4 is 5.32 Å². The number of rotatable bonds is 5. The molecule has 1 aliphatic heterocycles. The highest BCUT2D eigenvalue weighted by Gasteiger charge is 2.26. The van der Waals surface area contributed by atoms with Gasteiger partial charge in [0.25, 0.3) is 11.8 Å². The van der Waals surface area contributed by atoms with Crippen molar-refractivity contribution in [3.05, 3.63) is 88.5 Å². The van der Waals surface area contributed by atoms with Gasteiger partial charge in [-0.1, -0.05) is 36.4 Å². The number of aryl methyl sites for hydroxylation is 2. The average Bonchev–Trinajstić information content (AvgIpc) is 3.12. The fourth-order valence-electron chi connectivity index (χ4n) is 3.58. The zero-order chi connectivity index (χ0) is 21.1. The number of amides is 2. The Morgan fingerprint density at radius 1 is 1.13 bits per heavy atom. The third-order valence-corrected chi connectivity index (χ3v) is 5.30. The Labute approximate surface area is 174 Å². The van der Waals surface area contributed by atoms with Crippen LogP contribution in [0.2, 0.25) is 0 Å². The smallest absolute Gasteiger partial charge is 0.272 e. The Balaban J connectivity index is 1.47. The molecule has 0 radical (unpaired) electrons. The van der Waals surface area contributed by atoms with Crippen LogP contribution in [0.1, 0.15) is 44.1 Å².